The van der Waals surface area contributed by atoms with Gasteiger partial charge in [0.1, 0.15) is 4.90 Å². The number of sulfonamides is 1. The number of nitrogens with zero attached hydrogens (tertiary/aromatic N) is 2. The number of aryl methyl sites for hydroxylation is 1. The standard InChI is InChI=1S/C14H19N3O2S/c1-10(2)17-9-13(8-15-17)20(18,19)16-14-7-5-6-11(3)12(14)4/h5-10,16H,1-4H3. The number of hydrogen-bond donors (Lipinski definition) is 1. The molecule has 1 heterocycles. The van der Waals surface area contributed by atoms with Crippen molar-refractivity contribution in [2.45, 2.75) is 38.6 Å². The first kappa shape index (κ1) is 14.6. The highest BCUT2D eigenvalue weighted by atomic mass is 32.2. The summed E-state index contributed by atoms with van der Waals surface area (Å²) >= 11 is 0. The summed E-state index contributed by atoms with van der Waals surface area (Å²) in [7, 11) is -3.60. The molecular formula is C14H19N3O2S. The van der Waals surface area contributed by atoms with E-state index >= 15 is 0 Å². The van der Waals surface area contributed by atoms with Crippen molar-refractivity contribution in [3.8, 4) is 0 Å². The van der Waals surface area contributed by atoms with Crippen LogP contribution in [0.15, 0.2) is 35.5 Å². The first-order chi connectivity index (χ1) is 9.31. The molecule has 108 valence electrons. The fourth-order valence-corrected chi connectivity index (χ4v) is 2.87. The summed E-state index contributed by atoms with van der Waals surface area (Å²) in [6, 6.07) is 5.66. The highest BCUT2D eigenvalue weighted by Gasteiger charge is 2.18. The fraction of sp³-hybridized carbons (Fsp3) is 0.357. The van der Waals surface area contributed by atoms with Crippen LogP contribution in [0.4, 0.5) is 5.69 Å². The zero-order valence-electron chi connectivity index (χ0n) is 12.1. The maximum Gasteiger partial charge on any atom is 0.265 e. The molecule has 0 fully saturated rings. The Morgan fingerprint density at radius 1 is 1.25 bits per heavy atom. The number of hydrogen-bond acceptors (Lipinski definition) is 3. The highest BCUT2D eigenvalue weighted by Crippen LogP contribution is 2.22. The van der Waals surface area contributed by atoms with E-state index in [0.29, 0.717) is 5.69 Å². The molecular weight excluding hydrogens is 274 g/mol. The van der Waals surface area contributed by atoms with Crippen molar-refractivity contribution in [1.29, 1.82) is 0 Å². The molecule has 0 bridgehead atoms. The second kappa shape index (κ2) is 5.28. The van der Waals surface area contributed by atoms with Crippen LogP contribution >= 0.6 is 0 Å². The second-order valence-corrected chi connectivity index (χ2v) is 6.79. The summed E-state index contributed by atoms with van der Waals surface area (Å²) in [5.41, 5.74) is 2.57. The average Bonchev–Trinajstić information content (AvgIpc) is 2.85. The summed E-state index contributed by atoms with van der Waals surface area (Å²) in [4.78, 5) is 0.173. The molecule has 0 unspecified atom stereocenters. The molecule has 20 heavy (non-hydrogen) atoms. The van der Waals surface area contributed by atoms with Gasteiger partial charge in [0.05, 0.1) is 11.9 Å². The predicted molar refractivity (Wildman–Crippen MR) is 79.3 cm³/mol. The quantitative estimate of drug-likeness (QED) is 0.942. The summed E-state index contributed by atoms with van der Waals surface area (Å²) < 4.78 is 28.9. The molecule has 1 aromatic carbocycles. The van der Waals surface area contributed by atoms with Crippen LogP contribution in [0.1, 0.15) is 31.0 Å². The zero-order valence-corrected chi connectivity index (χ0v) is 12.9. The van der Waals surface area contributed by atoms with Gasteiger partial charge in [-0.3, -0.25) is 9.40 Å². The molecule has 0 atom stereocenters. The monoisotopic (exact) mass is 293 g/mol. The second-order valence-electron chi connectivity index (χ2n) is 5.10. The number of benzene rings is 1. The number of rotatable bonds is 4. The lowest BCUT2D eigenvalue weighted by atomic mass is 10.1. The van der Waals surface area contributed by atoms with E-state index in [1.54, 1.807) is 10.7 Å². The third kappa shape index (κ3) is 2.85. The van der Waals surface area contributed by atoms with Gasteiger partial charge < -0.3 is 0 Å². The molecule has 5 nitrogen and oxygen atoms in total. The van der Waals surface area contributed by atoms with Crippen LogP contribution in [0, 0.1) is 13.8 Å². The van der Waals surface area contributed by atoms with Gasteiger partial charge >= 0.3 is 0 Å². The van der Waals surface area contributed by atoms with Gasteiger partial charge in [0.2, 0.25) is 0 Å². The van der Waals surface area contributed by atoms with E-state index in [-0.39, 0.29) is 10.9 Å². The Morgan fingerprint density at radius 3 is 2.55 bits per heavy atom. The molecule has 0 saturated carbocycles. The van der Waals surface area contributed by atoms with Crippen LogP contribution in [0.5, 0.6) is 0 Å². The lowest BCUT2D eigenvalue weighted by Gasteiger charge is -2.11. The first-order valence-electron chi connectivity index (χ1n) is 6.44. The minimum Gasteiger partial charge on any atom is -0.279 e. The van der Waals surface area contributed by atoms with E-state index < -0.39 is 10.0 Å². The number of aromatic nitrogens is 2. The van der Waals surface area contributed by atoms with Gasteiger partial charge in [0.15, 0.2) is 0 Å². The Bertz CT molecular complexity index is 718. The SMILES string of the molecule is Cc1cccc(NS(=O)(=O)c2cnn(C(C)C)c2)c1C. The van der Waals surface area contributed by atoms with E-state index in [1.165, 1.54) is 12.4 Å². The minimum atomic E-state index is -3.60. The Kier molecular flexibility index (Phi) is 3.85. The van der Waals surface area contributed by atoms with Crippen LogP contribution in [0.25, 0.3) is 0 Å². The van der Waals surface area contributed by atoms with E-state index in [0.717, 1.165) is 11.1 Å². The number of nitrogens with one attached hydrogen (secondary N) is 1. The third-order valence-electron chi connectivity index (χ3n) is 3.27. The van der Waals surface area contributed by atoms with Crippen LogP contribution < -0.4 is 4.72 Å². The molecule has 0 radical (unpaired) electrons. The molecule has 0 amide bonds. The van der Waals surface area contributed by atoms with Gasteiger partial charge in [0.25, 0.3) is 10.0 Å². The molecule has 0 aliphatic carbocycles. The van der Waals surface area contributed by atoms with Crippen LogP contribution in [0.3, 0.4) is 0 Å². The Labute approximate surface area is 119 Å². The molecule has 0 aliphatic heterocycles. The van der Waals surface area contributed by atoms with Crippen molar-refractivity contribution in [3.63, 3.8) is 0 Å². The van der Waals surface area contributed by atoms with Crippen LogP contribution in [0.2, 0.25) is 0 Å². The maximum absolute atomic E-state index is 12.3. The van der Waals surface area contributed by atoms with E-state index in [2.05, 4.69) is 9.82 Å². The fourth-order valence-electron chi connectivity index (χ4n) is 1.81. The normalized spacial score (nSPS) is 11.8. The molecule has 6 heteroatoms. The zero-order chi connectivity index (χ0) is 14.9. The lowest BCUT2D eigenvalue weighted by molar-refractivity contribution is 0.531. The van der Waals surface area contributed by atoms with Gasteiger partial charge in [-0.25, -0.2) is 8.42 Å². The molecule has 2 aromatic rings. The lowest BCUT2D eigenvalue weighted by Crippen LogP contribution is -2.13. The molecule has 0 aliphatic rings. The summed E-state index contributed by atoms with van der Waals surface area (Å²) in [6.07, 6.45) is 2.91. The van der Waals surface area contributed by atoms with Gasteiger partial charge in [-0.1, -0.05) is 12.1 Å². The van der Waals surface area contributed by atoms with Crippen molar-refractivity contribution in [2.75, 3.05) is 4.72 Å². The van der Waals surface area contributed by atoms with Crippen molar-refractivity contribution in [3.05, 3.63) is 41.7 Å². The Morgan fingerprint density at radius 2 is 1.95 bits per heavy atom. The summed E-state index contributed by atoms with van der Waals surface area (Å²) in [5.74, 6) is 0. The van der Waals surface area contributed by atoms with Gasteiger partial charge in [-0.15, -0.1) is 0 Å². The molecule has 1 aromatic heterocycles. The molecule has 0 saturated heterocycles. The first-order valence-corrected chi connectivity index (χ1v) is 7.93. The smallest absolute Gasteiger partial charge is 0.265 e. The minimum absolute atomic E-state index is 0.125. The van der Waals surface area contributed by atoms with Crippen molar-refractivity contribution >= 4 is 15.7 Å². The molecule has 2 rings (SSSR count). The summed E-state index contributed by atoms with van der Waals surface area (Å²) in [5, 5.41) is 4.06. The number of anilines is 1. The van der Waals surface area contributed by atoms with Crippen LogP contribution in [-0.2, 0) is 10.0 Å². The van der Waals surface area contributed by atoms with Crippen molar-refractivity contribution in [2.24, 2.45) is 0 Å². The maximum atomic E-state index is 12.3. The Hall–Kier alpha value is -1.82. The molecule has 1 N–H and O–H groups in total. The predicted octanol–water partition coefficient (Wildman–Crippen LogP) is 2.88. The van der Waals surface area contributed by atoms with E-state index in [4.69, 9.17) is 0 Å². The topological polar surface area (TPSA) is 64.0 Å². The Balaban J connectivity index is 2.33. The summed E-state index contributed by atoms with van der Waals surface area (Å²) in [6.45, 7) is 7.73. The molecule has 0 spiro atoms. The average molecular weight is 293 g/mol. The van der Waals surface area contributed by atoms with E-state index in [9.17, 15) is 8.42 Å². The largest absolute Gasteiger partial charge is 0.279 e. The van der Waals surface area contributed by atoms with Crippen molar-refractivity contribution in [1.82, 2.24) is 9.78 Å². The highest BCUT2D eigenvalue weighted by molar-refractivity contribution is 7.92. The van der Waals surface area contributed by atoms with Crippen molar-refractivity contribution < 1.29 is 8.42 Å². The van der Waals surface area contributed by atoms with Gasteiger partial charge in [-0.05, 0) is 44.9 Å². The van der Waals surface area contributed by atoms with Crippen LogP contribution in [-0.4, -0.2) is 18.2 Å². The third-order valence-corrected chi connectivity index (χ3v) is 4.59. The van der Waals surface area contributed by atoms with Gasteiger partial charge in [0, 0.05) is 12.2 Å². The van der Waals surface area contributed by atoms with E-state index in [1.807, 2.05) is 39.8 Å². The van der Waals surface area contributed by atoms with Gasteiger partial charge in [-0.2, -0.15) is 5.10 Å².